The highest BCUT2D eigenvalue weighted by atomic mass is 79.9. The van der Waals surface area contributed by atoms with Gasteiger partial charge in [0.05, 0.1) is 22.4 Å². The Morgan fingerprint density at radius 2 is 2.06 bits per heavy atom. The lowest BCUT2D eigenvalue weighted by Crippen LogP contribution is -2.22. The first-order valence-corrected chi connectivity index (χ1v) is 6.98. The second-order valence-electron chi connectivity index (χ2n) is 4.22. The van der Waals surface area contributed by atoms with Gasteiger partial charge in [-0.3, -0.25) is 4.68 Å². The van der Waals surface area contributed by atoms with E-state index in [1.807, 2.05) is 24.0 Å². The van der Waals surface area contributed by atoms with Gasteiger partial charge in [0.25, 0.3) is 0 Å². The van der Waals surface area contributed by atoms with Crippen LogP contribution in [0.3, 0.4) is 0 Å². The molecule has 0 saturated heterocycles. The van der Waals surface area contributed by atoms with Crippen LogP contribution in [0.2, 0.25) is 0 Å². The molecule has 3 nitrogen and oxygen atoms in total. The monoisotopic (exact) mass is 307 g/mol. The fraction of sp³-hybridized carbons (Fsp3) is 0.357. The van der Waals surface area contributed by atoms with Crippen LogP contribution < -0.4 is 5.32 Å². The minimum absolute atomic E-state index is 0.268. The fourth-order valence-corrected chi connectivity index (χ4v) is 2.73. The van der Waals surface area contributed by atoms with Gasteiger partial charge in [-0.15, -0.1) is 0 Å². The van der Waals surface area contributed by atoms with Crippen molar-refractivity contribution < 1.29 is 0 Å². The molecule has 4 heteroatoms. The average Bonchev–Trinajstić information content (AvgIpc) is 2.78. The van der Waals surface area contributed by atoms with Crippen LogP contribution in [-0.4, -0.2) is 16.8 Å². The highest BCUT2D eigenvalue weighted by molar-refractivity contribution is 9.10. The summed E-state index contributed by atoms with van der Waals surface area (Å²) in [5.74, 6) is 0. The SMILES string of the molecule is CCn1ncc(Br)c1C(Cc1ccccc1)NC. The Hall–Kier alpha value is -1.13. The molecule has 0 saturated carbocycles. The summed E-state index contributed by atoms with van der Waals surface area (Å²) in [6, 6.07) is 10.8. The molecule has 1 aromatic carbocycles. The first kappa shape index (κ1) is 13.3. The maximum atomic E-state index is 4.37. The highest BCUT2D eigenvalue weighted by Crippen LogP contribution is 2.25. The van der Waals surface area contributed by atoms with Crippen molar-refractivity contribution in [2.45, 2.75) is 25.9 Å². The minimum atomic E-state index is 0.268. The van der Waals surface area contributed by atoms with Crippen molar-refractivity contribution in [1.82, 2.24) is 15.1 Å². The predicted octanol–water partition coefficient (Wildman–Crippen LogP) is 3.17. The molecule has 2 aromatic rings. The molecule has 2 rings (SSSR count). The molecule has 18 heavy (non-hydrogen) atoms. The average molecular weight is 308 g/mol. The molecule has 1 heterocycles. The molecular weight excluding hydrogens is 290 g/mol. The Balaban J connectivity index is 2.25. The summed E-state index contributed by atoms with van der Waals surface area (Å²) >= 11 is 3.59. The minimum Gasteiger partial charge on any atom is -0.311 e. The van der Waals surface area contributed by atoms with Gasteiger partial charge in [0.2, 0.25) is 0 Å². The van der Waals surface area contributed by atoms with Gasteiger partial charge in [0, 0.05) is 6.54 Å². The molecule has 0 bridgehead atoms. The lowest BCUT2D eigenvalue weighted by molar-refractivity contribution is 0.511. The molecule has 1 atom stereocenters. The van der Waals surface area contributed by atoms with Gasteiger partial charge in [-0.25, -0.2) is 0 Å². The number of nitrogens with zero attached hydrogens (tertiary/aromatic N) is 2. The van der Waals surface area contributed by atoms with Crippen LogP contribution >= 0.6 is 15.9 Å². The molecule has 0 fully saturated rings. The first-order valence-electron chi connectivity index (χ1n) is 6.18. The van der Waals surface area contributed by atoms with Gasteiger partial charge in [0.1, 0.15) is 0 Å². The van der Waals surface area contributed by atoms with Gasteiger partial charge in [-0.05, 0) is 41.9 Å². The van der Waals surface area contributed by atoms with Crippen molar-refractivity contribution in [3.63, 3.8) is 0 Å². The number of benzene rings is 1. The van der Waals surface area contributed by atoms with E-state index in [0.717, 1.165) is 17.4 Å². The largest absolute Gasteiger partial charge is 0.311 e. The van der Waals surface area contributed by atoms with E-state index in [9.17, 15) is 0 Å². The van der Waals surface area contributed by atoms with Gasteiger partial charge < -0.3 is 5.32 Å². The van der Waals surface area contributed by atoms with E-state index in [-0.39, 0.29) is 6.04 Å². The Bertz CT molecular complexity index is 493. The second-order valence-corrected chi connectivity index (χ2v) is 5.08. The lowest BCUT2D eigenvalue weighted by atomic mass is 10.0. The summed E-state index contributed by atoms with van der Waals surface area (Å²) in [5, 5.41) is 7.75. The Kier molecular flexibility index (Phi) is 4.55. The van der Waals surface area contributed by atoms with Crippen LogP contribution in [-0.2, 0) is 13.0 Å². The summed E-state index contributed by atoms with van der Waals surface area (Å²) in [5.41, 5.74) is 2.54. The zero-order chi connectivity index (χ0) is 13.0. The maximum Gasteiger partial charge on any atom is 0.0698 e. The van der Waals surface area contributed by atoms with E-state index in [1.165, 1.54) is 11.3 Å². The lowest BCUT2D eigenvalue weighted by Gasteiger charge is -2.18. The molecular formula is C14H18BrN3. The molecule has 0 aliphatic heterocycles. The van der Waals surface area contributed by atoms with Crippen LogP contribution in [0, 0.1) is 0 Å². The van der Waals surface area contributed by atoms with Crippen LogP contribution in [0.15, 0.2) is 41.0 Å². The van der Waals surface area contributed by atoms with E-state index in [2.05, 4.69) is 57.5 Å². The van der Waals surface area contributed by atoms with Crippen LogP contribution in [0.5, 0.6) is 0 Å². The Morgan fingerprint density at radius 1 is 1.33 bits per heavy atom. The Morgan fingerprint density at radius 3 is 2.67 bits per heavy atom. The number of likely N-dealkylation sites (N-methyl/N-ethyl adjacent to an activating group) is 1. The van der Waals surface area contributed by atoms with Gasteiger partial charge >= 0.3 is 0 Å². The zero-order valence-corrected chi connectivity index (χ0v) is 12.3. The smallest absolute Gasteiger partial charge is 0.0698 e. The van der Waals surface area contributed by atoms with Crippen LogP contribution in [0.1, 0.15) is 24.2 Å². The number of halogens is 1. The van der Waals surface area contributed by atoms with E-state index in [0.29, 0.717) is 0 Å². The van der Waals surface area contributed by atoms with E-state index >= 15 is 0 Å². The van der Waals surface area contributed by atoms with Crippen molar-refractivity contribution in [1.29, 1.82) is 0 Å². The van der Waals surface area contributed by atoms with Crippen LogP contribution in [0.25, 0.3) is 0 Å². The number of nitrogens with one attached hydrogen (secondary N) is 1. The summed E-state index contributed by atoms with van der Waals surface area (Å²) < 4.78 is 3.11. The van der Waals surface area contributed by atoms with E-state index < -0.39 is 0 Å². The standard InChI is InChI=1S/C14H18BrN3/c1-3-18-14(12(15)10-17-18)13(16-2)9-11-7-5-4-6-8-11/h4-8,10,13,16H,3,9H2,1-2H3. The Labute approximate surface area is 116 Å². The number of hydrogen-bond donors (Lipinski definition) is 1. The summed E-state index contributed by atoms with van der Waals surface area (Å²) in [6.07, 6.45) is 2.83. The van der Waals surface area contributed by atoms with Gasteiger partial charge in [-0.2, -0.15) is 5.10 Å². The normalized spacial score (nSPS) is 12.6. The summed E-state index contributed by atoms with van der Waals surface area (Å²) in [6.45, 7) is 2.99. The molecule has 0 aliphatic carbocycles. The molecule has 0 radical (unpaired) electrons. The molecule has 0 spiro atoms. The third-order valence-corrected chi connectivity index (χ3v) is 3.70. The molecule has 0 amide bonds. The van der Waals surface area contributed by atoms with Crippen molar-refractivity contribution in [2.24, 2.45) is 0 Å². The topological polar surface area (TPSA) is 29.9 Å². The first-order chi connectivity index (χ1) is 8.76. The third-order valence-electron chi connectivity index (χ3n) is 3.09. The number of hydrogen-bond acceptors (Lipinski definition) is 2. The fourth-order valence-electron chi connectivity index (χ4n) is 2.16. The number of aromatic nitrogens is 2. The van der Waals surface area contributed by atoms with E-state index in [4.69, 9.17) is 0 Å². The van der Waals surface area contributed by atoms with Crippen LogP contribution in [0.4, 0.5) is 0 Å². The third kappa shape index (κ3) is 2.82. The quantitative estimate of drug-likeness (QED) is 0.919. The molecule has 1 N–H and O–H groups in total. The van der Waals surface area contributed by atoms with E-state index in [1.54, 1.807) is 0 Å². The highest BCUT2D eigenvalue weighted by Gasteiger charge is 2.18. The van der Waals surface area contributed by atoms with Gasteiger partial charge in [-0.1, -0.05) is 30.3 Å². The predicted molar refractivity (Wildman–Crippen MR) is 77.5 cm³/mol. The summed E-state index contributed by atoms with van der Waals surface area (Å²) in [7, 11) is 1.99. The van der Waals surface area contributed by atoms with Gasteiger partial charge in [0.15, 0.2) is 0 Å². The van der Waals surface area contributed by atoms with Crippen molar-refractivity contribution >= 4 is 15.9 Å². The molecule has 96 valence electrons. The maximum absolute atomic E-state index is 4.37. The van der Waals surface area contributed by atoms with Crippen molar-refractivity contribution in [3.8, 4) is 0 Å². The summed E-state index contributed by atoms with van der Waals surface area (Å²) in [4.78, 5) is 0. The van der Waals surface area contributed by atoms with Crippen molar-refractivity contribution in [2.75, 3.05) is 7.05 Å². The molecule has 0 aliphatic rings. The number of rotatable bonds is 5. The molecule has 1 aromatic heterocycles. The number of aryl methyl sites for hydroxylation is 1. The zero-order valence-electron chi connectivity index (χ0n) is 10.7. The molecule has 1 unspecified atom stereocenters. The second kappa shape index (κ2) is 6.16. The van der Waals surface area contributed by atoms with Crippen molar-refractivity contribution in [3.05, 3.63) is 52.3 Å².